The number of rotatable bonds is 2. The van der Waals surface area contributed by atoms with E-state index in [2.05, 4.69) is 10.3 Å². The Hall–Kier alpha value is -1.42. The Bertz CT molecular complexity index is 535. The Balaban J connectivity index is 1.96. The first-order valence-electron chi connectivity index (χ1n) is 5.82. The highest BCUT2D eigenvalue weighted by atomic mass is 32.2. The summed E-state index contributed by atoms with van der Waals surface area (Å²) in [6.07, 6.45) is 3.01. The molecular formula is C13H15N3S. The van der Waals surface area contributed by atoms with Crippen molar-refractivity contribution in [1.29, 1.82) is 0 Å². The molecule has 1 aliphatic rings. The van der Waals surface area contributed by atoms with Gasteiger partial charge >= 0.3 is 0 Å². The maximum Gasteiger partial charge on any atom is 0.0724 e. The molecule has 0 radical (unpaired) electrons. The summed E-state index contributed by atoms with van der Waals surface area (Å²) in [5.41, 5.74) is 9.00. The van der Waals surface area contributed by atoms with Crippen LogP contribution in [0.1, 0.15) is 6.42 Å². The quantitative estimate of drug-likeness (QED) is 0.799. The van der Waals surface area contributed by atoms with Gasteiger partial charge in [0.1, 0.15) is 0 Å². The topological polar surface area (TPSA) is 50.9 Å². The number of fused-ring (bicyclic) bond motifs is 1. The fraction of sp³-hybridized carbons (Fsp3) is 0.308. The van der Waals surface area contributed by atoms with Crippen LogP contribution in [0.15, 0.2) is 30.5 Å². The van der Waals surface area contributed by atoms with Crippen LogP contribution in [0.4, 0.5) is 11.4 Å². The van der Waals surface area contributed by atoms with Crippen molar-refractivity contribution in [2.75, 3.05) is 22.6 Å². The summed E-state index contributed by atoms with van der Waals surface area (Å²) in [4.78, 5) is 4.30. The zero-order valence-corrected chi connectivity index (χ0v) is 10.3. The highest BCUT2D eigenvalue weighted by molar-refractivity contribution is 7.99. The van der Waals surface area contributed by atoms with Crippen molar-refractivity contribution in [3.63, 3.8) is 0 Å². The van der Waals surface area contributed by atoms with E-state index in [0.717, 1.165) is 22.3 Å². The molecule has 1 aromatic heterocycles. The lowest BCUT2D eigenvalue weighted by Crippen LogP contribution is -2.18. The molecule has 1 atom stereocenters. The van der Waals surface area contributed by atoms with Crippen molar-refractivity contribution in [3.8, 4) is 0 Å². The van der Waals surface area contributed by atoms with Crippen molar-refractivity contribution >= 4 is 34.0 Å². The number of hydrogen-bond donors (Lipinski definition) is 2. The van der Waals surface area contributed by atoms with Crippen LogP contribution >= 0.6 is 11.8 Å². The van der Waals surface area contributed by atoms with Gasteiger partial charge in [-0.3, -0.25) is 4.98 Å². The summed E-state index contributed by atoms with van der Waals surface area (Å²) in [5, 5.41) is 4.56. The van der Waals surface area contributed by atoms with Crippen LogP contribution in [0.3, 0.4) is 0 Å². The van der Waals surface area contributed by atoms with Gasteiger partial charge in [0.15, 0.2) is 0 Å². The van der Waals surface area contributed by atoms with Crippen LogP contribution < -0.4 is 11.1 Å². The Morgan fingerprint density at radius 3 is 3.12 bits per heavy atom. The van der Waals surface area contributed by atoms with E-state index in [1.165, 1.54) is 17.9 Å². The summed E-state index contributed by atoms with van der Waals surface area (Å²) in [7, 11) is 0. The normalized spacial score (nSPS) is 19.6. The number of hydrogen-bond acceptors (Lipinski definition) is 4. The molecule has 4 heteroatoms. The average molecular weight is 245 g/mol. The van der Waals surface area contributed by atoms with Gasteiger partial charge in [-0.25, -0.2) is 0 Å². The minimum atomic E-state index is 0.552. The molecule has 3 rings (SSSR count). The lowest BCUT2D eigenvalue weighted by atomic mass is 10.1. The average Bonchev–Trinajstić information content (AvgIpc) is 2.86. The van der Waals surface area contributed by atoms with E-state index in [4.69, 9.17) is 5.73 Å². The molecule has 0 spiro atoms. The fourth-order valence-electron chi connectivity index (χ4n) is 2.17. The summed E-state index contributed by atoms with van der Waals surface area (Å²) in [6, 6.07) is 8.56. The van der Waals surface area contributed by atoms with Gasteiger partial charge in [-0.2, -0.15) is 11.8 Å². The van der Waals surface area contributed by atoms with E-state index in [1.54, 1.807) is 6.20 Å². The van der Waals surface area contributed by atoms with Gasteiger partial charge in [-0.05, 0) is 36.4 Å². The van der Waals surface area contributed by atoms with Crippen LogP contribution in [0.25, 0.3) is 10.9 Å². The van der Waals surface area contributed by atoms with Gasteiger partial charge in [0, 0.05) is 23.4 Å². The maximum absolute atomic E-state index is 6.19. The number of nitrogens with one attached hydrogen (secondary N) is 1. The minimum Gasteiger partial charge on any atom is -0.397 e. The first kappa shape index (κ1) is 10.7. The number of anilines is 2. The highest BCUT2D eigenvalue weighted by Crippen LogP contribution is 2.30. The number of benzene rings is 1. The number of pyridine rings is 1. The number of nitrogens with zero attached hydrogens (tertiary/aromatic N) is 1. The molecule has 3 N–H and O–H groups in total. The third-order valence-electron chi connectivity index (χ3n) is 3.12. The number of thioether (sulfide) groups is 1. The van der Waals surface area contributed by atoms with Gasteiger partial charge < -0.3 is 11.1 Å². The van der Waals surface area contributed by atoms with Crippen LogP contribution in [0.2, 0.25) is 0 Å². The summed E-state index contributed by atoms with van der Waals surface area (Å²) in [6.45, 7) is 0. The van der Waals surface area contributed by atoms with Crippen molar-refractivity contribution < 1.29 is 0 Å². The zero-order chi connectivity index (χ0) is 11.7. The van der Waals surface area contributed by atoms with Gasteiger partial charge in [-0.1, -0.05) is 0 Å². The molecule has 1 fully saturated rings. The lowest BCUT2D eigenvalue weighted by molar-refractivity contribution is 0.814. The molecule has 3 nitrogen and oxygen atoms in total. The number of nitrogen functional groups attached to an aromatic ring is 1. The van der Waals surface area contributed by atoms with Gasteiger partial charge in [0.25, 0.3) is 0 Å². The maximum atomic E-state index is 6.19. The first-order valence-corrected chi connectivity index (χ1v) is 6.97. The molecule has 1 unspecified atom stereocenters. The lowest BCUT2D eigenvalue weighted by Gasteiger charge is -2.15. The standard InChI is InChI=1S/C13H15N3S/c14-13-10-2-1-6-15-11(10)3-4-12(13)16-9-5-7-17-8-9/h1-4,6,9,16H,5,7-8,14H2. The molecule has 88 valence electrons. The predicted molar refractivity (Wildman–Crippen MR) is 75.5 cm³/mol. The van der Waals surface area contributed by atoms with Crippen LogP contribution in [0.5, 0.6) is 0 Å². The number of aromatic nitrogens is 1. The van der Waals surface area contributed by atoms with Crippen LogP contribution in [-0.2, 0) is 0 Å². The molecule has 1 aromatic carbocycles. The molecule has 0 aliphatic carbocycles. The van der Waals surface area contributed by atoms with Gasteiger partial charge in [0.05, 0.1) is 16.9 Å². The van der Waals surface area contributed by atoms with E-state index >= 15 is 0 Å². The summed E-state index contributed by atoms with van der Waals surface area (Å²) < 4.78 is 0. The second-order valence-electron chi connectivity index (χ2n) is 4.30. The molecule has 2 heterocycles. The largest absolute Gasteiger partial charge is 0.397 e. The Morgan fingerprint density at radius 1 is 1.35 bits per heavy atom. The van der Waals surface area contributed by atoms with Gasteiger partial charge in [-0.15, -0.1) is 0 Å². The Kier molecular flexibility index (Phi) is 2.81. The number of nitrogens with two attached hydrogens (primary N) is 1. The van der Waals surface area contributed by atoms with Crippen LogP contribution in [0, 0.1) is 0 Å². The second kappa shape index (κ2) is 4.45. The molecule has 1 saturated heterocycles. The SMILES string of the molecule is Nc1c(NC2CCSC2)ccc2ncccc12. The predicted octanol–water partition coefficient (Wildman–Crippen LogP) is 2.73. The third kappa shape index (κ3) is 2.05. The zero-order valence-electron chi connectivity index (χ0n) is 9.52. The van der Waals surface area contributed by atoms with E-state index in [9.17, 15) is 0 Å². The van der Waals surface area contributed by atoms with Gasteiger partial charge in [0.2, 0.25) is 0 Å². The smallest absolute Gasteiger partial charge is 0.0724 e. The third-order valence-corrected chi connectivity index (χ3v) is 4.28. The van der Waals surface area contributed by atoms with E-state index in [1.807, 2.05) is 36.0 Å². The highest BCUT2D eigenvalue weighted by Gasteiger charge is 2.16. The molecule has 0 saturated carbocycles. The molecule has 2 aromatic rings. The Morgan fingerprint density at radius 2 is 2.29 bits per heavy atom. The summed E-state index contributed by atoms with van der Waals surface area (Å²) >= 11 is 2.00. The molecule has 0 bridgehead atoms. The van der Waals surface area contributed by atoms with E-state index < -0.39 is 0 Å². The Labute approximate surface area is 105 Å². The summed E-state index contributed by atoms with van der Waals surface area (Å²) in [5.74, 6) is 2.41. The molecule has 1 aliphatic heterocycles. The van der Waals surface area contributed by atoms with Crippen molar-refractivity contribution in [3.05, 3.63) is 30.5 Å². The minimum absolute atomic E-state index is 0.552. The molecule has 17 heavy (non-hydrogen) atoms. The van der Waals surface area contributed by atoms with Crippen molar-refractivity contribution in [2.45, 2.75) is 12.5 Å². The molecular weight excluding hydrogens is 230 g/mol. The molecule has 0 amide bonds. The van der Waals surface area contributed by atoms with Crippen LogP contribution in [-0.4, -0.2) is 22.5 Å². The first-order chi connectivity index (χ1) is 8.34. The van der Waals surface area contributed by atoms with E-state index in [0.29, 0.717) is 6.04 Å². The van der Waals surface area contributed by atoms with Crippen molar-refractivity contribution in [1.82, 2.24) is 4.98 Å². The van der Waals surface area contributed by atoms with E-state index in [-0.39, 0.29) is 0 Å². The van der Waals surface area contributed by atoms with Crippen molar-refractivity contribution in [2.24, 2.45) is 0 Å². The second-order valence-corrected chi connectivity index (χ2v) is 5.45. The fourth-order valence-corrected chi connectivity index (χ4v) is 3.32. The monoisotopic (exact) mass is 245 g/mol.